The van der Waals surface area contributed by atoms with Crippen molar-refractivity contribution in [2.24, 2.45) is 0 Å². The number of carbonyl (C=O) groups excluding carboxylic acids is 1. The van der Waals surface area contributed by atoms with E-state index in [1.54, 1.807) is 18.2 Å². The van der Waals surface area contributed by atoms with Gasteiger partial charge >= 0.3 is 0 Å². The van der Waals surface area contributed by atoms with E-state index < -0.39 is 17.4 Å². The van der Waals surface area contributed by atoms with Crippen molar-refractivity contribution in [2.45, 2.75) is 6.61 Å². The topological polar surface area (TPSA) is 35.5 Å². The van der Waals surface area contributed by atoms with Gasteiger partial charge in [0.1, 0.15) is 24.0 Å². The van der Waals surface area contributed by atoms with Crippen LogP contribution < -0.4 is 4.74 Å². The summed E-state index contributed by atoms with van der Waals surface area (Å²) >= 11 is 0. The fourth-order valence-electron chi connectivity index (χ4n) is 1.84. The number of ketones is 1. The van der Waals surface area contributed by atoms with Crippen LogP contribution in [-0.2, 0) is 11.3 Å². The van der Waals surface area contributed by atoms with Crippen molar-refractivity contribution in [3.63, 3.8) is 0 Å². The molecule has 0 amide bonds. The number of hydrogen-bond acceptors (Lipinski definition) is 3. The minimum absolute atomic E-state index is 0.0317. The summed E-state index contributed by atoms with van der Waals surface area (Å²) in [5, 5.41) is 0. The molecular formula is C16H14F2O3. The Morgan fingerprint density at radius 1 is 1.14 bits per heavy atom. The monoisotopic (exact) mass is 292 g/mol. The fraction of sp³-hybridized carbons (Fsp3) is 0.188. The predicted octanol–water partition coefficient (Wildman–Crippen LogP) is 3.37. The number of ether oxygens (including phenoxy) is 2. The van der Waals surface area contributed by atoms with Crippen LogP contribution in [-0.4, -0.2) is 19.5 Å². The molecule has 0 spiro atoms. The lowest BCUT2D eigenvalue weighted by Gasteiger charge is -2.08. The Morgan fingerprint density at radius 3 is 2.62 bits per heavy atom. The van der Waals surface area contributed by atoms with Crippen LogP contribution in [0.1, 0.15) is 15.9 Å². The van der Waals surface area contributed by atoms with Crippen molar-refractivity contribution in [2.75, 3.05) is 13.7 Å². The van der Waals surface area contributed by atoms with E-state index in [-0.39, 0.29) is 24.5 Å². The highest BCUT2D eigenvalue weighted by molar-refractivity contribution is 5.99. The minimum atomic E-state index is -0.534. The van der Waals surface area contributed by atoms with Gasteiger partial charge in [-0.2, -0.15) is 0 Å². The Labute approximate surface area is 121 Å². The quantitative estimate of drug-likeness (QED) is 0.766. The maximum Gasteiger partial charge on any atom is 0.192 e. The first kappa shape index (κ1) is 15.1. The molecule has 0 aliphatic rings. The second kappa shape index (κ2) is 6.95. The lowest BCUT2D eigenvalue weighted by atomic mass is 10.1. The van der Waals surface area contributed by atoms with Gasteiger partial charge in [-0.1, -0.05) is 18.2 Å². The van der Waals surface area contributed by atoms with Gasteiger partial charge in [0.25, 0.3) is 0 Å². The van der Waals surface area contributed by atoms with Crippen molar-refractivity contribution < 1.29 is 23.0 Å². The van der Waals surface area contributed by atoms with E-state index >= 15 is 0 Å². The molecule has 3 nitrogen and oxygen atoms in total. The molecule has 0 bridgehead atoms. The zero-order chi connectivity index (χ0) is 15.2. The van der Waals surface area contributed by atoms with Gasteiger partial charge in [0, 0.05) is 5.56 Å². The standard InChI is InChI=1S/C16H14F2O3/c1-20-16-7-6-12(17)8-13(16)15(19)10-21-9-11-4-2-3-5-14(11)18/h2-8H,9-10H2,1H3. The molecule has 0 saturated carbocycles. The number of hydrogen-bond donors (Lipinski definition) is 0. The molecule has 21 heavy (non-hydrogen) atoms. The molecule has 0 aliphatic heterocycles. The Balaban J connectivity index is 1.99. The molecule has 2 aromatic carbocycles. The van der Waals surface area contributed by atoms with Gasteiger partial charge in [0.05, 0.1) is 19.3 Å². The summed E-state index contributed by atoms with van der Waals surface area (Å²) in [6.45, 7) is -0.315. The number of rotatable bonds is 6. The molecule has 0 unspecified atom stereocenters. The third-order valence-corrected chi connectivity index (χ3v) is 2.91. The lowest BCUT2D eigenvalue weighted by molar-refractivity contribution is 0.0718. The van der Waals surface area contributed by atoms with E-state index in [9.17, 15) is 13.6 Å². The first-order chi connectivity index (χ1) is 10.1. The van der Waals surface area contributed by atoms with Gasteiger partial charge in [0.15, 0.2) is 5.78 Å². The van der Waals surface area contributed by atoms with E-state index in [0.717, 1.165) is 6.07 Å². The number of carbonyl (C=O) groups is 1. The molecule has 2 aromatic rings. The second-order valence-electron chi connectivity index (χ2n) is 4.35. The largest absolute Gasteiger partial charge is 0.496 e. The molecule has 0 heterocycles. The number of benzene rings is 2. The Morgan fingerprint density at radius 2 is 1.90 bits per heavy atom. The maximum atomic E-state index is 13.4. The predicted molar refractivity (Wildman–Crippen MR) is 73.3 cm³/mol. The van der Waals surface area contributed by atoms with Gasteiger partial charge in [0.2, 0.25) is 0 Å². The van der Waals surface area contributed by atoms with Crippen molar-refractivity contribution in [3.05, 3.63) is 65.2 Å². The van der Waals surface area contributed by atoms with Gasteiger partial charge in [-0.25, -0.2) is 8.78 Å². The van der Waals surface area contributed by atoms with E-state index in [2.05, 4.69) is 0 Å². The van der Waals surface area contributed by atoms with Crippen LogP contribution in [0.15, 0.2) is 42.5 Å². The van der Waals surface area contributed by atoms with Crippen LogP contribution in [0.4, 0.5) is 8.78 Å². The molecule has 0 saturated heterocycles. The van der Waals surface area contributed by atoms with Crippen molar-refractivity contribution in [1.29, 1.82) is 0 Å². The molecular weight excluding hydrogens is 278 g/mol. The van der Waals surface area contributed by atoms with Crippen LogP contribution in [0.2, 0.25) is 0 Å². The van der Waals surface area contributed by atoms with Crippen molar-refractivity contribution in [3.8, 4) is 5.75 Å². The Bertz CT molecular complexity index is 641. The highest BCUT2D eigenvalue weighted by Gasteiger charge is 2.14. The van der Waals surface area contributed by atoms with Crippen LogP contribution in [0, 0.1) is 11.6 Å². The average Bonchev–Trinajstić information content (AvgIpc) is 2.49. The van der Waals surface area contributed by atoms with E-state index in [0.29, 0.717) is 5.56 Å². The smallest absolute Gasteiger partial charge is 0.192 e. The molecule has 0 N–H and O–H groups in total. The maximum absolute atomic E-state index is 13.4. The SMILES string of the molecule is COc1ccc(F)cc1C(=O)COCc1ccccc1F. The molecule has 0 aliphatic carbocycles. The first-order valence-corrected chi connectivity index (χ1v) is 6.29. The molecule has 0 aromatic heterocycles. The number of halogens is 2. The molecule has 0 radical (unpaired) electrons. The molecule has 5 heteroatoms. The van der Waals surface area contributed by atoms with Crippen LogP contribution in [0.25, 0.3) is 0 Å². The zero-order valence-electron chi connectivity index (χ0n) is 11.4. The zero-order valence-corrected chi connectivity index (χ0v) is 11.4. The van der Waals surface area contributed by atoms with Crippen molar-refractivity contribution >= 4 is 5.78 Å². The van der Waals surface area contributed by atoms with E-state index in [1.165, 1.54) is 25.3 Å². The average molecular weight is 292 g/mol. The summed E-state index contributed by atoms with van der Waals surface area (Å²) in [5.74, 6) is -1.08. The fourth-order valence-corrected chi connectivity index (χ4v) is 1.84. The Kier molecular flexibility index (Phi) is 5.00. The highest BCUT2D eigenvalue weighted by Crippen LogP contribution is 2.20. The van der Waals surface area contributed by atoms with Gasteiger partial charge in [-0.05, 0) is 24.3 Å². The number of methoxy groups -OCH3 is 1. The number of Topliss-reactive ketones (excluding diaryl/α,β-unsaturated/α-hetero) is 1. The summed E-state index contributed by atoms with van der Waals surface area (Å²) in [6.07, 6.45) is 0. The third kappa shape index (κ3) is 3.86. The lowest BCUT2D eigenvalue weighted by Crippen LogP contribution is -2.11. The molecule has 0 atom stereocenters. The van der Waals surface area contributed by atoms with Crippen LogP contribution in [0.5, 0.6) is 5.75 Å². The molecule has 110 valence electrons. The summed E-state index contributed by atoms with van der Waals surface area (Å²) in [5.41, 5.74) is 0.461. The van der Waals surface area contributed by atoms with Gasteiger partial charge in [-0.15, -0.1) is 0 Å². The van der Waals surface area contributed by atoms with Crippen molar-refractivity contribution in [1.82, 2.24) is 0 Å². The third-order valence-electron chi connectivity index (χ3n) is 2.91. The first-order valence-electron chi connectivity index (χ1n) is 6.29. The summed E-state index contributed by atoms with van der Waals surface area (Å²) < 4.78 is 36.8. The summed E-state index contributed by atoms with van der Waals surface area (Å²) in [4.78, 5) is 12.0. The highest BCUT2D eigenvalue weighted by atomic mass is 19.1. The minimum Gasteiger partial charge on any atom is -0.496 e. The van der Waals surface area contributed by atoms with E-state index in [4.69, 9.17) is 9.47 Å². The summed E-state index contributed by atoms with van der Waals surface area (Å²) in [7, 11) is 1.39. The van der Waals surface area contributed by atoms with Crippen LogP contribution >= 0.6 is 0 Å². The normalized spacial score (nSPS) is 10.4. The van der Waals surface area contributed by atoms with Crippen LogP contribution in [0.3, 0.4) is 0 Å². The second-order valence-corrected chi connectivity index (χ2v) is 4.35. The Hall–Kier alpha value is -2.27. The van der Waals surface area contributed by atoms with E-state index in [1.807, 2.05) is 0 Å². The van der Waals surface area contributed by atoms with Gasteiger partial charge in [-0.3, -0.25) is 4.79 Å². The van der Waals surface area contributed by atoms with Gasteiger partial charge < -0.3 is 9.47 Å². The summed E-state index contributed by atoms with van der Waals surface area (Å²) in [6, 6.07) is 9.81. The molecule has 0 fully saturated rings. The molecule has 2 rings (SSSR count).